The van der Waals surface area contributed by atoms with Gasteiger partial charge in [0, 0.05) is 46.8 Å². The van der Waals surface area contributed by atoms with Gasteiger partial charge in [0.15, 0.2) is 0 Å². The van der Waals surface area contributed by atoms with Crippen LogP contribution < -0.4 is 10.6 Å². The molecular weight excluding hydrogens is 343 g/mol. The summed E-state index contributed by atoms with van der Waals surface area (Å²) in [6.45, 7) is 1.81. The van der Waals surface area contributed by atoms with Gasteiger partial charge in [0.2, 0.25) is 5.91 Å². The summed E-state index contributed by atoms with van der Waals surface area (Å²) >= 11 is 1.69. The molecule has 0 bridgehead atoms. The molecule has 0 atom stereocenters. The SMILES string of the molecule is CCC(=O)NC1=C/C=C\C=C(\NC(=O)I)C/C=C\1. The largest absolute Gasteiger partial charge is 0.326 e. The van der Waals surface area contributed by atoms with Crippen LogP contribution in [0.3, 0.4) is 0 Å². The molecule has 0 saturated heterocycles. The van der Waals surface area contributed by atoms with Gasteiger partial charge in [-0.15, -0.1) is 0 Å². The Labute approximate surface area is 120 Å². The molecule has 1 rings (SSSR count). The topological polar surface area (TPSA) is 58.2 Å². The van der Waals surface area contributed by atoms with Gasteiger partial charge >= 0.3 is 0 Å². The minimum atomic E-state index is -0.118. The summed E-state index contributed by atoms with van der Waals surface area (Å²) in [5.74, 6) is -0.0210. The molecule has 4 nitrogen and oxygen atoms in total. The van der Waals surface area contributed by atoms with Crippen LogP contribution >= 0.6 is 22.6 Å². The van der Waals surface area contributed by atoms with Crippen LogP contribution in [-0.4, -0.2) is 9.82 Å². The summed E-state index contributed by atoms with van der Waals surface area (Å²) < 4.78 is -0.118. The van der Waals surface area contributed by atoms with Gasteiger partial charge in [0.1, 0.15) is 0 Å². The maximum atomic E-state index is 11.3. The van der Waals surface area contributed by atoms with Crippen molar-refractivity contribution in [3.8, 4) is 0 Å². The number of carbonyl (C=O) groups is 2. The number of carbonyl (C=O) groups excluding carboxylic acids is 2. The van der Waals surface area contributed by atoms with Crippen molar-refractivity contribution >= 4 is 32.4 Å². The molecule has 0 aliphatic heterocycles. The molecule has 2 amide bonds. The fourth-order valence-corrected chi connectivity index (χ4v) is 1.67. The van der Waals surface area contributed by atoms with Crippen LogP contribution in [0.5, 0.6) is 0 Å². The van der Waals surface area contributed by atoms with E-state index in [0.717, 1.165) is 11.4 Å². The van der Waals surface area contributed by atoms with E-state index in [1.54, 1.807) is 29.5 Å². The Morgan fingerprint density at radius 2 is 2.00 bits per heavy atom. The van der Waals surface area contributed by atoms with E-state index in [2.05, 4.69) is 10.6 Å². The second-order valence-electron chi connectivity index (χ2n) is 3.61. The molecular formula is C13H15IN2O2. The smallest absolute Gasteiger partial charge is 0.284 e. The zero-order chi connectivity index (χ0) is 13.4. The molecule has 2 N–H and O–H groups in total. The Morgan fingerprint density at radius 3 is 2.67 bits per heavy atom. The maximum absolute atomic E-state index is 11.3. The average Bonchev–Trinajstić information content (AvgIpc) is 2.41. The summed E-state index contributed by atoms with van der Waals surface area (Å²) in [6.07, 6.45) is 12.1. The van der Waals surface area contributed by atoms with E-state index in [-0.39, 0.29) is 9.82 Å². The summed E-state index contributed by atoms with van der Waals surface area (Å²) in [7, 11) is 0. The minimum absolute atomic E-state index is 0.0210. The highest BCUT2D eigenvalue weighted by Crippen LogP contribution is 2.06. The number of hydrogen-bond donors (Lipinski definition) is 2. The molecule has 0 saturated carbocycles. The zero-order valence-electron chi connectivity index (χ0n) is 10.1. The molecule has 0 aromatic rings. The maximum Gasteiger partial charge on any atom is 0.284 e. The lowest BCUT2D eigenvalue weighted by molar-refractivity contribution is -0.120. The second kappa shape index (κ2) is 7.86. The van der Waals surface area contributed by atoms with E-state index in [1.165, 1.54) is 0 Å². The van der Waals surface area contributed by atoms with Gasteiger partial charge in [0.05, 0.1) is 0 Å². The summed E-state index contributed by atoms with van der Waals surface area (Å²) in [6, 6.07) is 0. The minimum Gasteiger partial charge on any atom is -0.326 e. The van der Waals surface area contributed by atoms with Crippen molar-refractivity contribution in [2.45, 2.75) is 19.8 Å². The van der Waals surface area contributed by atoms with Crippen molar-refractivity contribution in [1.82, 2.24) is 10.6 Å². The van der Waals surface area contributed by atoms with Crippen LogP contribution in [0.25, 0.3) is 0 Å². The molecule has 1 aliphatic rings. The van der Waals surface area contributed by atoms with E-state index >= 15 is 0 Å². The lowest BCUT2D eigenvalue weighted by Gasteiger charge is -2.04. The predicted octanol–water partition coefficient (Wildman–Crippen LogP) is 2.94. The zero-order valence-corrected chi connectivity index (χ0v) is 12.2. The normalized spacial score (nSPS) is 24.1. The third-order valence-corrected chi connectivity index (χ3v) is 2.45. The molecule has 0 radical (unpaired) electrons. The van der Waals surface area contributed by atoms with Gasteiger partial charge < -0.3 is 10.6 Å². The summed E-state index contributed by atoms with van der Waals surface area (Å²) in [5.41, 5.74) is 1.56. The average molecular weight is 358 g/mol. The van der Waals surface area contributed by atoms with Crippen molar-refractivity contribution in [3.63, 3.8) is 0 Å². The van der Waals surface area contributed by atoms with Gasteiger partial charge in [-0.3, -0.25) is 9.59 Å². The Bertz CT molecular complexity index is 448. The van der Waals surface area contributed by atoms with E-state index in [4.69, 9.17) is 0 Å². The molecule has 0 unspecified atom stereocenters. The van der Waals surface area contributed by atoms with E-state index in [0.29, 0.717) is 12.8 Å². The van der Waals surface area contributed by atoms with Gasteiger partial charge in [-0.05, 0) is 18.2 Å². The van der Waals surface area contributed by atoms with Crippen molar-refractivity contribution in [1.29, 1.82) is 0 Å². The number of rotatable bonds is 3. The standard InChI is InChI=1S/C13H15IN2O2/c1-2-12(17)15-10-6-3-4-7-11(9-5-8-10)16-13(14)18/h3-8H,2,9H2,1H3,(H,15,17)(H,16,18)/b4-3-,8-5-,10-6+,11-7+. The number of amides is 2. The fourth-order valence-electron chi connectivity index (χ4n) is 1.32. The van der Waals surface area contributed by atoms with Crippen LogP contribution in [-0.2, 0) is 4.79 Å². The van der Waals surface area contributed by atoms with E-state index < -0.39 is 0 Å². The predicted molar refractivity (Wildman–Crippen MR) is 80.0 cm³/mol. The molecule has 18 heavy (non-hydrogen) atoms. The first-order valence-corrected chi connectivity index (χ1v) is 6.70. The van der Waals surface area contributed by atoms with Crippen molar-refractivity contribution < 1.29 is 9.59 Å². The Balaban J connectivity index is 2.70. The molecule has 5 heteroatoms. The molecule has 0 fully saturated rings. The third kappa shape index (κ3) is 5.81. The molecule has 0 spiro atoms. The number of allylic oxidation sites excluding steroid dienone is 6. The van der Waals surface area contributed by atoms with Crippen molar-refractivity contribution in [3.05, 3.63) is 47.9 Å². The van der Waals surface area contributed by atoms with Crippen LogP contribution in [0.2, 0.25) is 0 Å². The number of nitrogens with one attached hydrogen (secondary N) is 2. The summed E-state index contributed by atoms with van der Waals surface area (Å²) in [5, 5.41) is 5.53. The number of hydrogen-bond acceptors (Lipinski definition) is 2. The van der Waals surface area contributed by atoms with Gasteiger partial charge in [-0.1, -0.05) is 25.2 Å². The first-order valence-electron chi connectivity index (χ1n) is 5.62. The second-order valence-corrected chi connectivity index (χ2v) is 4.59. The lowest BCUT2D eigenvalue weighted by atomic mass is 10.2. The van der Waals surface area contributed by atoms with Crippen molar-refractivity contribution in [2.24, 2.45) is 0 Å². The van der Waals surface area contributed by atoms with E-state index in [9.17, 15) is 9.59 Å². The van der Waals surface area contributed by atoms with Crippen LogP contribution in [0, 0.1) is 0 Å². The number of halogens is 1. The van der Waals surface area contributed by atoms with Crippen molar-refractivity contribution in [2.75, 3.05) is 0 Å². The summed E-state index contributed by atoms with van der Waals surface area (Å²) in [4.78, 5) is 22.3. The monoisotopic (exact) mass is 358 g/mol. The van der Waals surface area contributed by atoms with Gasteiger partial charge in [-0.25, -0.2) is 0 Å². The molecule has 0 aromatic heterocycles. The fraction of sp³-hybridized carbons (Fsp3) is 0.231. The lowest BCUT2D eigenvalue weighted by Crippen LogP contribution is -2.20. The highest BCUT2D eigenvalue weighted by Gasteiger charge is 2.01. The highest BCUT2D eigenvalue weighted by atomic mass is 127. The molecule has 0 aromatic carbocycles. The van der Waals surface area contributed by atoms with Gasteiger partial charge in [-0.2, -0.15) is 0 Å². The molecule has 1 aliphatic carbocycles. The Kier molecular flexibility index (Phi) is 6.42. The van der Waals surface area contributed by atoms with Crippen LogP contribution in [0.15, 0.2) is 47.9 Å². The first kappa shape index (κ1) is 14.7. The van der Waals surface area contributed by atoms with Crippen LogP contribution in [0.4, 0.5) is 4.79 Å². The molecule has 96 valence electrons. The highest BCUT2D eigenvalue weighted by molar-refractivity contribution is 14.1. The molecule has 0 heterocycles. The third-order valence-electron chi connectivity index (χ3n) is 2.18. The van der Waals surface area contributed by atoms with E-state index in [1.807, 2.05) is 36.5 Å². The van der Waals surface area contributed by atoms with Crippen LogP contribution in [0.1, 0.15) is 19.8 Å². The first-order chi connectivity index (χ1) is 8.61. The Hall–Kier alpha value is -1.37. The quantitative estimate of drug-likeness (QED) is 0.463. The Morgan fingerprint density at radius 1 is 1.28 bits per heavy atom. The van der Waals surface area contributed by atoms with Gasteiger partial charge in [0.25, 0.3) is 3.91 Å².